The lowest BCUT2D eigenvalue weighted by Gasteiger charge is -2.17. The van der Waals surface area contributed by atoms with Crippen LogP contribution >= 0.6 is 0 Å². The van der Waals surface area contributed by atoms with Gasteiger partial charge in [0, 0.05) is 13.2 Å². The van der Waals surface area contributed by atoms with Crippen LogP contribution < -0.4 is 11.1 Å². The standard InChI is InChI=1S/C13H17N3O/c14-8-10-2-1-3-11(12(10)15)16-9-13(4-5-13)6-7-17/h1-3,16-17H,4-7,9,15H2. The summed E-state index contributed by atoms with van der Waals surface area (Å²) in [6.07, 6.45) is 3.13. The van der Waals surface area contributed by atoms with Crippen molar-refractivity contribution in [1.29, 1.82) is 5.26 Å². The van der Waals surface area contributed by atoms with Gasteiger partial charge in [-0.1, -0.05) is 6.07 Å². The molecule has 17 heavy (non-hydrogen) atoms. The van der Waals surface area contributed by atoms with Gasteiger partial charge in [0.2, 0.25) is 0 Å². The molecular formula is C13H17N3O. The number of nitriles is 1. The van der Waals surface area contributed by atoms with E-state index in [0.717, 1.165) is 31.5 Å². The first kappa shape index (κ1) is 11.7. The number of aliphatic hydroxyl groups is 1. The van der Waals surface area contributed by atoms with Crippen molar-refractivity contribution >= 4 is 11.4 Å². The molecule has 0 bridgehead atoms. The summed E-state index contributed by atoms with van der Waals surface area (Å²) in [5.41, 5.74) is 7.95. The Bertz CT molecular complexity index is 446. The highest BCUT2D eigenvalue weighted by molar-refractivity contribution is 5.72. The van der Waals surface area contributed by atoms with Crippen molar-refractivity contribution in [3.05, 3.63) is 23.8 Å². The van der Waals surface area contributed by atoms with Crippen LogP contribution in [0.15, 0.2) is 18.2 Å². The minimum Gasteiger partial charge on any atom is -0.396 e. The fourth-order valence-corrected chi connectivity index (χ4v) is 2.03. The van der Waals surface area contributed by atoms with Gasteiger partial charge in [0.1, 0.15) is 6.07 Å². The van der Waals surface area contributed by atoms with Crippen LogP contribution in [0.4, 0.5) is 11.4 Å². The molecule has 1 aromatic carbocycles. The molecule has 4 N–H and O–H groups in total. The van der Waals surface area contributed by atoms with Gasteiger partial charge < -0.3 is 16.2 Å². The molecule has 1 fully saturated rings. The summed E-state index contributed by atoms with van der Waals surface area (Å²) < 4.78 is 0. The highest BCUT2D eigenvalue weighted by Gasteiger charge is 2.41. The second-order valence-electron chi connectivity index (χ2n) is 4.71. The van der Waals surface area contributed by atoms with Crippen molar-refractivity contribution < 1.29 is 5.11 Å². The van der Waals surface area contributed by atoms with Crippen LogP contribution in [0, 0.1) is 16.7 Å². The summed E-state index contributed by atoms with van der Waals surface area (Å²) in [7, 11) is 0. The highest BCUT2D eigenvalue weighted by atomic mass is 16.3. The monoisotopic (exact) mass is 231 g/mol. The number of aliphatic hydroxyl groups excluding tert-OH is 1. The predicted molar refractivity (Wildman–Crippen MR) is 67.4 cm³/mol. The zero-order valence-electron chi connectivity index (χ0n) is 9.74. The Hall–Kier alpha value is -1.73. The van der Waals surface area contributed by atoms with Gasteiger partial charge in [0.05, 0.1) is 16.9 Å². The largest absolute Gasteiger partial charge is 0.396 e. The minimum atomic E-state index is 0.232. The topological polar surface area (TPSA) is 82.1 Å². The Morgan fingerprint density at radius 1 is 1.47 bits per heavy atom. The summed E-state index contributed by atoms with van der Waals surface area (Å²) >= 11 is 0. The van der Waals surface area contributed by atoms with Gasteiger partial charge in [0.25, 0.3) is 0 Å². The van der Waals surface area contributed by atoms with Crippen molar-refractivity contribution in [3.8, 4) is 6.07 Å². The summed E-state index contributed by atoms with van der Waals surface area (Å²) in [5.74, 6) is 0. The zero-order chi connectivity index (χ0) is 12.3. The number of rotatable bonds is 5. The number of hydrogen-bond donors (Lipinski definition) is 3. The molecule has 4 nitrogen and oxygen atoms in total. The Kier molecular flexibility index (Phi) is 3.21. The fraction of sp³-hybridized carbons (Fsp3) is 0.462. The number of nitrogens with two attached hydrogens (primary N) is 1. The van der Waals surface area contributed by atoms with Crippen LogP contribution in [0.2, 0.25) is 0 Å². The van der Waals surface area contributed by atoms with Crippen LogP contribution in [0.25, 0.3) is 0 Å². The number of nitrogen functional groups attached to an aromatic ring is 1. The average molecular weight is 231 g/mol. The van der Waals surface area contributed by atoms with E-state index in [2.05, 4.69) is 11.4 Å². The number of nitrogens with one attached hydrogen (secondary N) is 1. The maximum absolute atomic E-state index is 8.98. The molecule has 0 aliphatic heterocycles. The van der Waals surface area contributed by atoms with Gasteiger partial charge in [-0.05, 0) is 36.8 Å². The molecule has 0 amide bonds. The molecule has 0 radical (unpaired) electrons. The Labute approximate surface area is 101 Å². The lowest BCUT2D eigenvalue weighted by atomic mass is 10.0. The van der Waals surface area contributed by atoms with Crippen molar-refractivity contribution in [2.45, 2.75) is 19.3 Å². The fourth-order valence-electron chi connectivity index (χ4n) is 2.03. The van der Waals surface area contributed by atoms with E-state index < -0.39 is 0 Å². The summed E-state index contributed by atoms with van der Waals surface area (Å²) in [6.45, 7) is 1.04. The van der Waals surface area contributed by atoms with Gasteiger partial charge in [-0.2, -0.15) is 5.26 Å². The van der Waals surface area contributed by atoms with Gasteiger partial charge in [0.15, 0.2) is 0 Å². The third-order valence-corrected chi connectivity index (χ3v) is 3.48. The predicted octanol–water partition coefficient (Wildman–Crippen LogP) is 1.71. The first-order valence-electron chi connectivity index (χ1n) is 5.84. The summed E-state index contributed by atoms with van der Waals surface area (Å²) in [5, 5.41) is 21.1. The van der Waals surface area contributed by atoms with E-state index in [1.54, 1.807) is 6.07 Å². The van der Waals surface area contributed by atoms with Gasteiger partial charge >= 0.3 is 0 Å². The highest BCUT2D eigenvalue weighted by Crippen LogP contribution is 2.48. The number of anilines is 2. The smallest absolute Gasteiger partial charge is 0.101 e. The third kappa shape index (κ3) is 2.51. The lowest BCUT2D eigenvalue weighted by Crippen LogP contribution is -2.17. The molecule has 1 aliphatic carbocycles. The molecule has 90 valence electrons. The molecular weight excluding hydrogens is 214 g/mol. The van der Waals surface area contributed by atoms with E-state index in [0.29, 0.717) is 11.3 Å². The quantitative estimate of drug-likeness (QED) is 0.674. The normalized spacial score (nSPS) is 16.2. The number of benzene rings is 1. The first-order chi connectivity index (χ1) is 8.21. The molecule has 0 unspecified atom stereocenters. The molecule has 0 heterocycles. The second kappa shape index (κ2) is 4.64. The molecule has 0 saturated heterocycles. The maximum atomic E-state index is 8.98. The molecule has 2 rings (SSSR count). The number of hydrogen-bond acceptors (Lipinski definition) is 4. The Morgan fingerprint density at radius 2 is 2.24 bits per heavy atom. The lowest BCUT2D eigenvalue weighted by molar-refractivity contribution is 0.253. The van der Waals surface area contributed by atoms with Crippen LogP contribution in [0.1, 0.15) is 24.8 Å². The zero-order valence-corrected chi connectivity index (χ0v) is 9.74. The second-order valence-corrected chi connectivity index (χ2v) is 4.71. The molecule has 1 aromatic rings. The maximum Gasteiger partial charge on any atom is 0.101 e. The van der Waals surface area contributed by atoms with E-state index in [-0.39, 0.29) is 12.0 Å². The van der Waals surface area contributed by atoms with Crippen molar-refractivity contribution in [1.82, 2.24) is 0 Å². The van der Waals surface area contributed by atoms with Gasteiger partial charge in [-0.3, -0.25) is 0 Å². The van der Waals surface area contributed by atoms with E-state index in [1.807, 2.05) is 12.1 Å². The molecule has 0 aromatic heterocycles. The van der Waals surface area contributed by atoms with Crippen LogP contribution in [-0.4, -0.2) is 18.3 Å². The van der Waals surface area contributed by atoms with Crippen molar-refractivity contribution in [3.63, 3.8) is 0 Å². The molecule has 1 aliphatic rings. The molecule has 0 spiro atoms. The summed E-state index contributed by atoms with van der Waals surface area (Å²) in [6, 6.07) is 7.48. The molecule has 0 atom stereocenters. The van der Waals surface area contributed by atoms with Crippen molar-refractivity contribution in [2.24, 2.45) is 5.41 Å². The van der Waals surface area contributed by atoms with Crippen LogP contribution in [0.3, 0.4) is 0 Å². The Balaban J connectivity index is 2.03. The van der Waals surface area contributed by atoms with Gasteiger partial charge in [-0.15, -0.1) is 0 Å². The van der Waals surface area contributed by atoms with Crippen LogP contribution in [0.5, 0.6) is 0 Å². The SMILES string of the molecule is N#Cc1cccc(NCC2(CCO)CC2)c1N. The van der Waals surface area contributed by atoms with Gasteiger partial charge in [-0.25, -0.2) is 0 Å². The van der Waals surface area contributed by atoms with Crippen LogP contribution in [-0.2, 0) is 0 Å². The van der Waals surface area contributed by atoms with Crippen molar-refractivity contribution in [2.75, 3.05) is 24.2 Å². The number of nitrogens with zero attached hydrogens (tertiary/aromatic N) is 1. The Morgan fingerprint density at radius 3 is 2.82 bits per heavy atom. The van der Waals surface area contributed by atoms with E-state index in [4.69, 9.17) is 16.1 Å². The van der Waals surface area contributed by atoms with E-state index in [1.165, 1.54) is 0 Å². The van der Waals surface area contributed by atoms with E-state index in [9.17, 15) is 0 Å². The first-order valence-corrected chi connectivity index (χ1v) is 5.84. The number of para-hydroxylation sites is 1. The summed E-state index contributed by atoms with van der Waals surface area (Å²) in [4.78, 5) is 0. The van der Waals surface area contributed by atoms with E-state index >= 15 is 0 Å². The minimum absolute atomic E-state index is 0.232. The average Bonchev–Trinajstić information content (AvgIpc) is 3.09. The molecule has 4 heteroatoms. The molecule has 1 saturated carbocycles. The third-order valence-electron chi connectivity index (χ3n) is 3.48.